The number of rotatable bonds is 4. The Labute approximate surface area is 146 Å². The lowest BCUT2D eigenvalue weighted by molar-refractivity contribution is 0.601. The van der Waals surface area contributed by atoms with E-state index in [1.54, 1.807) is 28.9 Å². The fourth-order valence-corrected chi connectivity index (χ4v) is 3.54. The van der Waals surface area contributed by atoms with Crippen LogP contribution in [-0.2, 0) is 10.0 Å². The number of aromatic nitrogens is 4. The van der Waals surface area contributed by atoms with Gasteiger partial charge in [-0.2, -0.15) is 5.10 Å². The highest BCUT2D eigenvalue weighted by Crippen LogP contribution is 2.19. The molecule has 0 atom stereocenters. The smallest absolute Gasteiger partial charge is 0.263 e. The number of nitrogens with one attached hydrogen (secondary N) is 1. The fourth-order valence-electron chi connectivity index (χ4n) is 2.46. The van der Waals surface area contributed by atoms with Gasteiger partial charge in [-0.05, 0) is 57.0 Å². The second-order valence-corrected chi connectivity index (χ2v) is 7.63. The quantitative estimate of drug-likeness (QED) is 0.775. The Morgan fingerprint density at radius 2 is 1.72 bits per heavy atom. The van der Waals surface area contributed by atoms with Gasteiger partial charge in [0.1, 0.15) is 12.1 Å². The van der Waals surface area contributed by atoms with Gasteiger partial charge in [0, 0.05) is 11.8 Å². The van der Waals surface area contributed by atoms with E-state index in [9.17, 15) is 8.42 Å². The molecule has 1 N–H and O–H groups in total. The molecule has 7 nitrogen and oxygen atoms in total. The van der Waals surface area contributed by atoms with E-state index < -0.39 is 10.0 Å². The van der Waals surface area contributed by atoms with Gasteiger partial charge in [0.2, 0.25) is 0 Å². The number of nitrogens with zero attached hydrogens (tertiary/aromatic N) is 4. The highest BCUT2D eigenvalue weighted by molar-refractivity contribution is 7.92. The lowest BCUT2D eigenvalue weighted by Gasteiger charge is -2.10. The minimum atomic E-state index is -3.73. The van der Waals surface area contributed by atoms with E-state index in [1.165, 1.54) is 6.33 Å². The molecule has 0 bridgehead atoms. The highest BCUT2D eigenvalue weighted by atomic mass is 32.2. The van der Waals surface area contributed by atoms with Crippen LogP contribution in [0, 0.1) is 27.7 Å². The Hall–Kier alpha value is -2.74. The van der Waals surface area contributed by atoms with Crippen LogP contribution in [0.1, 0.15) is 22.5 Å². The molecule has 2 heterocycles. The van der Waals surface area contributed by atoms with Crippen molar-refractivity contribution in [1.29, 1.82) is 0 Å². The normalized spacial score (nSPS) is 11.5. The van der Waals surface area contributed by atoms with Crippen LogP contribution in [0.5, 0.6) is 0 Å². The number of hydrogen-bond acceptors (Lipinski definition) is 5. The molecular formula is C17H19N5O2S. The molecule has 0 saturated carbocycles. The van der Waals surface area contributed by atoms with Crippen molar-refractivity contribution in [1.82, 2.24) is 19.7 Å². The monoisotopic (exact) mass is 357 g/mol. The lowest BCUT2D eigenvalue weighted by atomic mass is 10.1. The van der Waals surface area contributed by atoms with Crippen molar-refractivity contribution >= 4 is 15.8 Å². The first-order chi connectivity index (χ1) is 11.8. The maximum absolute atomic E-state index is 12.6. The van der Waals surface area contributed by atoms with Crippen molar-refractivity contribution < 1.29 is 8.42 Å². The second kappa shape index (κ2) is 6.29. The third-order valence-electron chi connectivity index (χ3n) is 3.91. The first-order valence-corrected chi connectivity index (χ1v) is 9.20. The molecule has 0 fully saturated rings. The molecule has 3 aromatic rings. The molecule has 130 valence electrons. The van der Waals surface area contributed by atoms with Gasteiger partial charge in [-0.15, -0.1) is 0 Å². The molecular weight excluding hydrogens is 338 g/mol. The summed E-state index contributed by atoms with van der Waals surface area (Å²) in [4.78, 5) is 8.37. The summed E-state index contributed by atoms with van der Waals surface area (Å²) in [5.41, 5.74) is 3.70. The summed E-state index contributed by atoms with van der Waals surface area (Å²) >= 11 is 0. The maximum Gasteiger partial charge on any atom is 0.263 e. The zero-order chi connectivity index (χ0) is 18.2. The molecule has 1 aromatic carbocycles. The first kappa shape index (κ1) is 17.1. The zero-order valence-corrected chi connectivity index (χ0v) is 15.3. The number of benzene rings is 1. The van der Waals surface area contributed by atoms with Gasteiger partial charge < -0.3 is 0 Å². The Morgan fingerprint density at radius 3 is 2.36 bits per heavy atom. The summed E-state index contributed by atoms with van der Waals surface area (Å²) in [5.74, 6) is 0.689. The van der Waals surface area contributed by atoms with Gasteiger partial charge in [0.25, 0.3) is 10.0 Å². The van der Waals surface area contributed by atoms with E-state index in [1.807, 2.05) is 33.8 Å². The molecule has 0 spiro atoms. The van der Waals surface area contributed by atoms with Gasteiger partial charge in [-0.1, -0.05) is 6.07 Å². The van der Waals surface area contributed by atoms with Crippen LogP contribution < -0.4 is 4.72 Å². The molecule has 8 heteroatoms. The summed E-state index contributed by atoms with van der Waals surface area (Å²) in [5, 5.41) is 4.35. The Bertz CT molecular complexity index is 1040. The minimum absolute atomic E-state index is 0.191. The van der Waals surface area contributed by atoms with Crippen LogP contribution >= 0.6 is 0 Å². The van der Waals surface area contributed by atoms with Crippen molar-refractivity contribution in [3.05, 3.63) is 59.2 Å². The predicted molar refractivity (Wildman–Crippen MR) is 95.4 cm³/mol. The van der Waals surface area contributed by atoms with E-state index in [2.05, 4.69) is 19.8 Å². The third kappa shape index (κ3) is 3.53. The van der Waals surface area contributed by atoms with Crippen LogP contribution in [-0.4, -0.2) is 28.2 Å². The van der Waals surface area contributed by atoms with Crippen LogP contribution in [0.2, 0.25) is 0 Å². The van der Waals surface area contributed by atoms with Gasteiger partial charge >= 0.3 is 0 Å². The van der Waals surface area contributed by atoms with Crippen LogP contribution in [0.25, 0.3) is 5.82 Å². The van der Waals surface area contributed by atoms with Crippen molar-refractivity contribution in [2.45, 2.75) is 32.6 Å². The SMILES string of the molecule is Cc1cc(C)n(-c2cc(NS(=O)(=O)c3ccc(C)c(C)c3)ncn2)n1. The zero-order valence-electron chi connectivity index (χ0n) is 14.5. The Kier molecular flexibility index (Phi) is 4.30. The minimum Gasteiger partial charge on any atom is -0.263 e. The van der Waals surface area contributed by atoms with E-state index in [4.69, 9.17) is 0 Å². The van der Waals surface area contributed by atoms with E-state index in [0.29, 0.717) is 5.82 Å². The molecule has 3 rings (SSSR count). The lowest BCUT2D eigenvalue weighted by Crippen LogP contribution is -2.15. The molecule has 0 aliphatic rings. The van der Waals surface area contributed by atoms with E-state index in [0.717, 1.165) is 22.5 Å². The largest absolute Gasteiger partial charge is 0.263 e. The standard InChI is InChI=1S/C17H19N5O2S/c1-11-5-6-15(7-12(11)2)25(23,24)21-16-9-17(19-10-18-16)22-14(4)8-13(3)20-22/h5-10H,1-4H3,(H,18,19,21). The Balaban J connectivity index is 1.94. The van der Waals surface area contributed by atoms with Crippen molar-refractivity contribution in [3.8, 4) is 5.82 Å². The molecule has 0 amide bonds. The molecule has 25 heavy (non-hydrogen) atoms. The molecule has 0 radical (unpaired) electrons. The summed E-state index contributed by atoms with van der Waals surface area (Å²) in [6.45, 7) is 7.60. The van der Waals surface area contributed by atoms with Gasteiger partial charge in [0.05, 0.1) is 10.6 Å². The van der Waals surface area contributed by atoms with Gasteiger partial charge in [-0.3, -0.25) is 4.72 Å². The summed E-state index contributed by atoms with van der Waals surface area (Å²) in [7, 11) is -3.73. The molecule has 0 aliphatic carbocycles. The number of aryl methyl sites for hydroxylation is 4. The van der Waals surface area contributed by atoms with Crippen LogP contribution in [0.3, 0.4) is 0 Å². The predicted octanol–water partition coefficient (Wildman–Crippen LogP) is 2.70. The summed E-state index contributed by atoms with van der Waals surface area (Å²) < 4.78 is 29.3. The highest BCUT2D eigenvalue weighted by Gasteiger charge is 2.16. The first-order valence-electron chi connectivity index (χ1n) is 7.72. The van der Waals surface area contributed by atoms with Crippen LogP contribution in [0.4, 0.5) is 5.82 Å². The average Bonchev–Trinajstić information content (AvgIpc) is 2.88. The van der Waals surface area contributed by atoms with E-state index in [-0.39, 0.29) is 10.7 Å². The third-order valence-corrected chi connectivity index (χ3v) is 5.26. The van der Waals surface area contributed by atoms with Gasteiger partial charge in [0.15, 0.2) is 5.82 Å². The molecule has 0 aliphatic heterocycles. The van der Waals surface area contributed by atoms with Crippen molar-refractivity contribution in [3.63, 3.8) is 0 Å². The topological polar surface area (TPSA) is 89.8 Å². The molecule has 0 unspecified atom stereocenters. The number of anilines is 1. The average molecular weight is 357 g/mol. The van der Waals surface area contributed by atoms with Gasteiger partial charge in [-0.25, -0.2) is 23.1 Å². The fraction of sp³-hybridized carbons (Fsp3) is 0.235. The number of sulfonamides is 1. The van der Waals surface area contributed by atoms with E-state index >= 15 is 0 Å². The van der Waals surface area contributed by atoms with Crippen molar-refractivity contribution in [2.24, 2.45) is 0 Å². The molecule has 0 saturated heterocycles. The summed E-state index contributed by atoms with van der Waals surface area (Å²) in [6.07, 6.45) is 1.31. The van der Waals surface area contributed by atoms with Crippen LogP contribution in [0.15, 0.2) is 41.6 Å². The molecule has 2 aromatic heterocycles. The second-order valence-electron chi connectivity index (χ2n) is 5.95. The van der Waals surface area contributed by atoms with Crippen molar-refractivity contribution in [2.75, 3.05) is 4.72 Å². The Morgan fingerprint density at radius 1 is 0.960 bits per heavy atom. The maximum atomic E-state index is 12.6. The number of hydrogen-bond donors (Lipinski definition) is 1. The summed E-state index contributed by atoms with van der Waals surface area (Å²) in [6, 6.07) is 8.47.